The topological polar surface area (TPSA) is 43.4 Å². The Morgan fingerprint density at radius 3 is 2.53 bits per heavy atom. The number of ether oxygens (including phenoxy) is 1. The number of hydrogen-bond donors (Lipinski definition) is 0. The van der Waals surface area contributed by atoms with Gasteiger partial charge >= 0.3 is 5.97 Å². The monoisotopic (exact) mass is 228 g/mol. The number of esters is 1. The first-order valence-corrected chi connectivity index (χ1v) is 5.43. The Labute approximate surface area is 98.7 Å². The highest BCUT2D eigenvalue weighted by Gasteiger charge is 2.10. The van der Waals surface area contributed by atoms with Crippen LogP contribution in [0.15, 0.2) is 47.3 Å². The molecule has 0 spiro atoms. The molecule has 0 saturated carbocycles. The molecule has 0 N–H and O–H groups in total. The third-order valence-electron chi connectivity index (χ3n) is 2.49. The summed E-state index contributed by atoms with van der Waals surface area (Å²) in [5.41, 5.74) is 0.328. The van der Waals surface area contributed by atoms with Gasteiger partial charge in [0.1, 0.15) is 0 Å². The van der Waals surface area contributed by atoms with Crippen LogP contribution in [0, 0.1) is 0 Å². The zero-order chi connectivity index (χ0) is 12.3. The number of rotatable bonds is 2. The Balaban J connectivity index is 2.75. The number of hydrogen-bond acceptors (Lipinski definition) is 3. The van der Waals surface area contributed by atoms with Crippen molar-refractivity contribution < 1.29 is 9.53 Å². The largest absolute Gasteiger partial charge is 0.462 e. The Kier molecular flexibility index (Phi) is 3.19. The van der Waals surface area contributed by atoms with Gasteiger partial charge in [-0.3, -0.25) is 4.79 Å². The van der Waals surface area contributed by atoms with Crippen molar-refractivity contribution in [1.82, 2.24) is 0 Å². The van der Waals surface area contributed by atoms with Gasteiger partial charge in [-0.1, -0.05) is 30.3 Å². The summed E-state index contributed by atoms with van der Waals surface area (Å²) >= 11 is 0. The molecule has 2 aromatic carbocycles. The van der Waals surface area contributed by atoms with Gasteiger partial charge < -0.3 is 4.74 Å². The van der Waals surface area contributed by atoms with Crippen molar-refractivity contribution in [2.75, 3.05) is 6.61 Å². The second-order valence-electron chi connectivity index (χ2n) is 3.57. The van der Waals surface area contributed by atoms with Crippen LogP contribution in [0.4, 0.5) is 0 Å². The molecule has 0 unspecified atom stereocenters. The third kappa shape index (κ3) is 2.18. The predicted molar refractivity (Wildman–Crippen MR) is 66.2 cm³/mol. The normalized spacial score (nSPS) is 10.2. The lowest BCUT2D eigenvalue weighted by Gasteiger charge is -2.03. The van der Waals surface area contributed by atoms with E-state index in [1.54, 1.807) is 43.3 Å². The molecule has 0 radical (unpaired) electrons. The Morgan fingerprint density at radius 2 is 1.76 bits per heavy atom. The van der Waals surface area contributed by atoms with E-state index in [1.165, 1.54) is 6.07 Å². The molecular formula is C14H12O3. The minimum atomic E-state index is -0.399. The van der Waals surface area contributed by atoms with Crippen LogP contribution in [0.2, 0.25) is 0 Å². The maximum absolute atomic E-state index is 11.8. The first-order valence-electron chi connectivity index (χ1n) is 5.43. The van der Waals surface area contributed by atoms with E-state index >= 15 is 0 Å². The van der Waals surface area contributed by atoms with Gasteiger partial charge in [0.15, 0.2) is 5.43 Å². The Morgan fingerprint density at radius 1 is 1.06 bits per heavy atom. The van der Waals surface area contributed by atoms with E-state index < -0.39 is 5.97 Å². The van der Waals surface area contributed by atoms with Gasteiger partial charge in [-0.05, 0) is 19.1 Å². The molecule has 0 atom stereocenters. The van der Waals surface area contributed by atoms with Gasteiger partial charge in [0.25, 0.3) is 0 Å². The van der Waals surface area contributed by atoms with Crippen LogP contribution >= 0.6 is 0 Å². The van der Waals surface area contributed by atoms with Gasteiger partial charge in [0.2, 0.25) is 0 Å². The molecule has 0 aliphatic rings. The van der Waals surface area contributed by atoms with Crippen LogP contribution in [0.5, 0.6) is 0 Å². The smallest absolute Gasteiger partial charge is 0.338 e. The lowest BCUT2D eigenvalue weighted by atomic mass is 10.1. The summed E-state index contributed by atoms with van der Waals surface area (Å²) in [7, 11) is 0. The molecule has 0 fully saturated rings. The van der Waals surface area contributed by atoms with E-state index in [0.717, 1.165) is 0 Å². The summed E-state index contributed by atoms with van der Waals surface area (Å²) in [6.07, 6.45) is 0. The lowest BCUT2D eigenvalue weighted by Crippen LogP contribution is -2.06. The van der Waals surface area contributed by atoms with Crippen LogP contribution in [0.25, 0.3) is 10.8 Å². The fourth-order valence-electron chi connectivity index (χ4n) is 1.73. The van der Waals surface area contributed by atoms with Crippen molar-refractivity contribution in [1.29, 1.82) is 0 Å². The van der Waals surface area contributed by atoms with Crippen molar-refractivity contribution in [3.8, 4) is 0 Å². The standard InChI is InChI=1S/C14H12O3/c1-2-17-14(16)12-8-5-7-11-10(12)6-3-4-9-13(11)15/h3-9H,2H2,1H3. The van der Waals surface area contributed by atoms with Crippen LogP contribution in [0.1, 0.15) is 17.3 Å². The van der Waals surface area contributed by atoms with Crippen molar-refractivity contribution in [2.45, 2.75) is 6.92 Å². The van der Waals surface area contributed by atoms with Crippen LogP contribution < -0.4 is 5.43 Å². The molecule has 0 saturated heterocycles. The van der Waals surface area contributed by atoms with Crippen molar-refractivity contribution in [3.63, 3.8) is 0 Å². The van der Waals surface area contributed by atoms with Crippen molar-refractivity contribution in [3.05, 3.63) is 58.3 Å². The van der Waals surface area contributed by atoms with Gasteiger partial charge in [-0.25, -0.2) is 4.79 Å². The Bertz CT molecular complexity index is 617. The predicted octanol–water partition coefficient (Wildman–Crippen LogP) is 2.38. The van der Waals surface area contributed by atoms with E-state index in [1.807, 2.05) is 0 Å². The van der Waals surface area contributed by atoms with E-state index in [-0.39, 0.29) is 5.43 Å². The highest BCUT2D eigenvalue weighted by atomic mass is 16.5. The molecule has 3 nitrogen and oxygen atoms in total. The average Bonchev–Trinajstić information content (AvgIpc) is 2.52. The van der Waals surface area contributed by atoms with E-state index in [0.29, 0.717) is 22.9 Å². The average molecular weight is 228 g/mol. The van der Waals surface area contributed by atoms with Gasteiger partial charge in [0.05, 0.1) is 12.2 Å². The fourth-order valence-corrected chi connectivity index (χ4v) is 1.73. The van der Waals surface area contributed by atoms with Crippen LogP contribution in [0.3, 0.4) is 0 Å². The minimum Gasteiger partial charge on any atom is -0.462 e. The zero-order valence-electron chi connectivity index (χ0n) is 9.47. The molecule has 3 heteroatoms. The molecule has 2 rings (SSSR count). The highest BCUT2D eigenvalue weighted by molar-refractivity contribution is 6.04. The molecular weight excluding hydrogens is 216 g/mol. The molecule has 0 aliphatic heterocycles. The molecule has 17 heavy (non-hydrogen) atoms. The second kappa shape index (κ2) is 4.78. The summed E-state index contributed by atoms with van der Waals surface area (Å²) in [6.45, 7) is 2.07. The second-order valence-corrected chi connectivity index (χ2v) is 3.57. The van der Waals surface area contributed by atoms with Crippen molar-refractivity contribution in [2.24, 2.45) is 0 Å². The van der Waals surface area contributed by atoms with E-state index in [4.69, 9.17) is 4.74 Å². The summed E-state index contributed by atoms with van der Waals surface area (Å²) < 4.78 is 4.97. The molecule has 0 heterocycles. The van der Waals surface area contributed by atoms with Crippen LogP contribution in [-0.4, -0.2) is 12.6 Å². The molecule has 86 valence electrons. The molecule has 0 bridgehead atoms. The first kappa shape index (κ1) is 11.3. The molecule has 0 aliphatic carbocycles. The maximum Gasteiger partial charge on any atom is 0.338 e. The maximum atomic E-state index is 11.8. The van der Waals surface area contributed by atoms with Crippen LogP contribution in [-0.2, 0) is 4.74 Å². The molecule has 2 aromatic rings. The first-order chi connectivity index (χ1) is 8.24. The SMILES string of the molecule is CCOC(=O)c1cccc2c(=O)ccccc12. The van der Waals surface area contributed by atoms with E-state index in [9.17, 15) is 9.59 Å². The van der Waals surface area contributed by atoms with E-state index in [2.05, 4.69) is 0 Å². The minimum absolute atomic E-state index is 0.101. The summed E-state index contributed by atoms with van der Waals surface area (Å²) in [6, 6.07) is 11.7. The summed E-state index contributed by atoms with van der Waals surface area (Å²) in [4.78, 5) is 23.5. The lowest BCUT2D eigenvalue weighted by molar-refractivity contribution is 0.0528. The fraction of sp³-hybridized carbons (Fsp3) is 0.143. The Hall–Kier alpha value is -2.16. The van der Waals surface area contributed by atoms with Crippen molar-refractivity contribution >= 4 is 16.7 Å². The number of carbonyl (C=O) groups excluding carboxylic acids is 1. The molecule has 0 amide bonds. The quantitative estimate of drug-likeness (QED) is 0.741. The van der Waals surface area contributed by atoms with Gasteiger partial charge in [-0.15, -0.1) is 0 Å². The number of carbonyl (C=O) groups is 1. The van der Waals surface area contributed by atoms with Gasteiger partial charge in [-0.2, -0.15) is 0 Å². The molecule has 0 aromatic heterocycles. The zero-order valence-corrected chi connectivity index (χ0v) is 9.47. The number of fused-ring (bicyclic) bond motifs is 1. The highest BCUT2D eigenvalue weighted by Crippen LogP contribution is 2.15. The summed E-state index contributed by atoms with van der Waals surface area (Å²) in [5.74, 6) is -0.399. The number of benzene rings is 1. The third-order valence-corrected chi connectivity index (χ3v) is 2.49. The van der Waals surface area contributed by atoms with Gasteiger partial charge in [0, 0.05) is 10.8 Å². The summed E-state index contributed by atoms with van der Waals surface area (Å²) in [5, 5.41) is 1.15.